The molecule has 0 aliphatic heterocycles. The van der Waals surface area contributed by atoms with Crippen molar-refractivity contribution in [2.75, 3.05) is 25.6 Å². The summed E-state index contributed by atoms with van der Waals surface area (Å²) in [5.74, 6) is 0.493. The molecule has 1 heterocycles. The quantitative estimate of drug-likeness (QED) is 0.836. The largest absolute Gasteiger partial charge is 0.370 e. The van der Waals surface area contributed by atoms with Crippen LogP contribution in [0, 0.1) is 6.92 Å². The van der Waals surface area contributed by atoms with Crippen molar-refractivity contribution >= 4 is 29.2 Å². The molecule has 0 spiro atoms. The summed E-state index contributed by atoms with van der Waals surface area (Å²) in [6, 6.07) is 5.24. The van der Waals surface area contributed by atoms with E-state index in [1.165, 1.54) is 0 Å². The van der Waals surface area contributed by atoms with Gasteiger partial charge in [-0.1, -0.05) is 36.2 Å². The van der Waals surface area contributed by atoms with E-state index in [4.69, 9.17) is 27.9 Å². The number of nitrogens with one attached hydrogen (secondary N) is 1. The van der Waals surface area contributed by atoms with Gasteiger partial charge in [-0.3, -0.25) is 9.78 Å². The molecule has 130 valence electrons. The van der Waals surface area contributed by atoms with Gasteiger partial charge in [0.05, 0.1) is 5.69 Å². The van der Waals surface area contributed by atoms with Crippen LogP contribution in [0.4, 0.5) is 5.95 Å². The molecule has 24 heavy (non-hydrogen) atoms. The van der Waals surface area contributed by atoms with E-state index in [1.54, 1.807) is 32.2 Å². The lowest BCUT2D eigenvalue weighted by molar-refractivity contribution is 0.132. The van der Waals surface area contributed by atoms with E-state index in [9.17, 15) is 4.79 Å². The van der Waals surface area contributed by atoms with Crippen LogP contribution in [0.5, 0.6) is 0 Å². The molecular formula is C17H21Cl2N3O2. The lowest BCUT2D eigenvalue weighted by Gasteiger charge is -2.22. The number of aromatic amines is 1. The van der Waals surface area contributed by atoms with E-state index in [1.807, 2.05) is 11.9 Å². The van der Waals surface area contributed by atoms with Gasteiger partial charge in [-0.05, 0) is 25.5 Å². The third kappa shape index (κ3) is 3.74. The normalized spacial score (nSPS) is 12.2. The SMILES string of the molecule is CCCN(C)c1nc([C@H](OC)c2c(Cl)cccc2Cl)c(C)c(=O)[nH]1. The second-order valence-corrected chi connectivity index (χ2v) is 6.39. The molecule has 0 saturated heterocycles. The van der Waals surface area contributed by atoms with Crippen LogP contribution in [0.25, 0.3) is 0 Å². The van der Waals surface area contributed by atoms with Gasteiger partial charge in [0.15, 0.2) is 0 Å². The van der Waals surface area contributed by atoms with Gasteiger partial charge >= 0.3 is 0 Å². The number of methoxy groups -OCH3 is 1. The van der Waals surface area contributed by atoms with Gasteiger partial charge in [-0.25, -0.2) is 4.98 Å². The van der Waals surface area contributed by atoms with E-state index in [0.29, 0.717) is 32.8 Å². The molecule has 0 aliphatic carbocycles. The molecule has 0 saturated carbocycles. The fraction of sp³-hybridized carbons (Fsp3) is 0.412. The van der Waals surface area contributed by atoms with Crippen molar-refractivity contribution in [3.63, 3.8) is 0 Å². The second kappa shape index (κ2) is 8.01. The highest BCUT2D eigenvalue weighted by Crippen LogP contribution is 2.36. The Balaban J connectivity index is 2.62. The molecule has 0 unspecified atom stereocenters. The first-order chi connectivity index (χ1) is 11.4. The zero-order valence-electron chi connectivity index (χ0n) is 14.2. The van der Waals surface area contributed by atoms with E-state index in [2.05, 4.69) is 16.9 Å². The van der Waals surface area contributed by atoms with E-state index >= 15 is 0 Å². The zero-order chi connectivity index (χ0) is 17.9. The maximum absolute atomic E-state index is 12.3. The predicted octanol–water partition coefficient (Wildman–Crippen LogP) is 3.97. The van der Waals surface area contributed by atoms with E-state index in [0.717, 1.165) is 13.0 Å². The van der Waals surface area contributed by atoms with Crippen LogP contribution < -0.4 is 10.5 Å². The molecule has 2 aromatic rings. The summed E-state index contributed by atoms with van der Waals surface area (Å²) in [6.07, 6.45) is 0.315. The number of halogens is 2. The van der Waals surface area contributed by atoms with Gasteiger partial charge < -0.3 is 9.64 Å². The Bertz CT molecular complexity index is 757. The number of ether oxygens (including phenoxy) is 1. The molecule has 0 radical (unpaired) electrons. The average molecular weight is 370 g/mol. The van der Waals surface area contributed by atoms with Gasteiger partial charge in [0.1, 0.15) is 6.10 Å². The lowest BCUT2D eigenvalue weighted by Crippen LogP contribution is -2.27. The standard InChI is InChI=1S/C17H21Cl2N3O2/c1-5-9-22(3)17-20-14(10(2)16(23)21-17)15(24-4)13-11(18)7-6-8-12(13)19/h6-8,15H,5,9H2,1-4H3,(H,20,21,23)/t15-/m1/s1. The van der Waals surface area contributed by atoms with Crippen molar-refractivity contribution in [1.82, 2.24) is 9.97 Å². The average Bonchev–Trinajstić information content (AvgIpc) is 2.54. The molecule has 0 bridgehead atoms. The molecule has 1 atom stereocenters. The van der Waals surface area contributed by atoms with Crippen LogP contribution >= 0.6 is 23.2 Å². The molecule has 2 rings (SSSR count). The smallest absolute Gasteiger partial charge is 0.255 e. The molecule has 0 amide bonds. The first-order valence-electron chi connectivity index (χ1n) is 7.69. The minimum atomic E-state index is -0.623. The third-order valence-electron chi connectivity index (χ3n) is 3.84. The summed E-state index contributed by atoms with van der Waals surface area (Å²) in [5.41, 5.74) is 1.39. The highest BCUT2D eigenvalue weighted by Gasteiger charge is 2.25. The monoisotopic (exact) mass is 369 g/mol. The lowest BCUT2D eigenvalue weighted by atomic mass is 10.0. The first-order valence-corrected chi connectivity index (χ1v) is 8.44. The fourth-order valence-electron chi connectivity index (χ4n) is 2.54. The summed E-state index contributed by atoms with van der Waals surface area (Å²) >= 11 is 12.6. The number of hydrogen-bond acceptors (Lipinski definition) is 4. The fourth-order valence-corrected chi connectivity index (χ4v) is 3.14. The Morgan fingerprint density at radius 3 is 2.50 bits per heavy atom. The van der Waals surface area contributed by atoms with Crippen molar-refractivity contribution in [3.8, 4) is 0 Å². The van der Waals surface area contributed by atoms with Gasteiger partial charge in [0, 0.05) is 41.9 Å². The number of aromatic nitrogens is 2. The molecular weight excluding hydrogens is 349 g/mol. The van der Waals surface area contributed by atoms with Crippen LogP contribution in [0.1, 0.15) is 36.3 Å². The minimum absolute atomic E-state index is 0.205. The minimum Gasteiger partial charge on any atom is -0.370 e. The number of nitrogens with zero attached hydrogens (tertiary/aromatic N) is 2. The number of benzene rings is 1. The molecule has 5 nitrogen and oxygen atoms in total. The molecule has 0 fully saturated rings. The van der Waals surface area contributed by atoms with Crippen molar-refractivity contribution in [2.45, 2.75) is 26.4 Å². The number of rotatable bonds is 6. The summed E-state index contributed by atoms with van der Waals surface area (Å²) in [6.45, 7) is 4.54. The summed E-state index contributed by atoms with van der Waals surface area (Å²) < 4.78 is 5.61. The highest BCUT2D eigenvalue weighted by atomic mass is 35.5. The van der Waals surface area contributed by atoms with Crippen molar-refractivity contribution in [3.05, 3.63) is 55.4 Å². The van der Waals surface area contributed by atoms with Crippen LogP contribution in [0.15, 0.2) is 23.0 Å². The second-order valence-electron chi connectivity index (χ2n) is 5.57. The molecule has 7 heteroatoms. The summed E-state index contributed by atoms with van der Waals surface area (Å²) in [4.78, 5) is 21.6. The van der Waals surface area contributed by atoms with E-state index < -0.39 is 6.10 Å². The van der Waals surface area contributed by atoms with Crippen LogP contribution in [-0.4, -0.2) is 30.7 Å². The van der Waals surface area contributed by atoms with Crippen LogP contribution in [-0.2, 0) is 4.74 Å². The van der Waals surface area contributed by atoms with Gasteiger partial charge in [0.25, 0.3) is 5.56 Å². The highest BCUT2D eigenvalue weighted by molar-refractivity contribution is 6.36. The number of anilines is 1. The zero-order valence-corrected chi connectivity index (χ0v) is 15.7. The van der Waals surface area contributed by atoms with Gasteiger partial charge in [-0.15, -0.1) is 0 Å². The van der Waals surface area contributed by atoms with Crippen molar-refractivity contribution in [2.24, 2.45) is 0 Å². The van der Waals surface area contributed by atoms with Crippen LogP contribution in [0.2, 0.25) is 10.0 Å². The first kappa shape index (κ1) is 18.8. The maximum atomic E-state index is 12.3. The summed E-state index contributed by atoms with van der Waals surface area (Å²) in [5, 5.41) is 0.943. The van der Waals surface area contributed by atoms with Crippen molar-refractivity contribution in [1.29, 1.82) is 0 Å². The molecule has 0 aliphatic rings. The number of hydrogen-bond donors (Lipinski definition) is 1. The third-order valence-corrected chi connectivity index (χ3v) is 4.50. The van der Waals surface area contributed by atoms with Crippen molar-refractivity contribution < 1.29 is 4.74 Å². The topological polar surface area (TPSA) is 58.2 Å². The van der Waals surface area contributed by atoms with Crippen LogP contribution in [0.3, 0.4) is 0 Å². The Morgan fingerprint density at radius 2 is 1.96 bits per heavy atom. The Morgan fingerprint density at radius 1 is 1.33 bits per heavy atom. The molecule has 1 aromatic heterocycles. The van der Waals surface area contributed by atoms with Gasteiger partial charge in [0.2, 0.25) is 5.95 Å². The Labute approximate surface area is 151 Å². The van der Waals surface area contributed by atoms with E-state index in [-0.39, 0.29) is 5.56 Å². The number of H-pyrrole nitrogens is 1. The Kier molecular flexibility index (Phi) is 6.27. The van der Waals surface area contributed by atoms with Gasteiger partial charge in [-0.2, -0.15) is 0 Å². The Hall–Kier alpha value is -1.56. The molecule has 1 N–H and O–H groups in total. The maximum Gasteiger partial charge on any atom is 0.255 e. The predicted molar refractivity (Wildman–Crippen MR) is 98.5 cm³/mol. The summed E-state index contributed by atoms with van der Waals surface area (Å²) in [7, 11) is 3.42. The molecule has 1 aromatic carbocycles.